The molecule has 1 heterocycles. The monoisotopic (exact) mass is 314 g/mol. The molecule has 0 spiro atoms. The highest BCUT2D eigenvalue weighted by Crippen LogP contribution is 2.40. The molecule has 0 amide bonds. The van der Waals surface area contributed by atoms with Gasteiger partial charge in [0, 0.05) is 12.2 Å². The first-order valence-corrected chi connectivity index (χ1v) is 7.75. The minimum atomic E-state index is -0.617. The molecule has 1 aliphatic heterocycles. The molecule has 2 rings (SSSR count). The molecule has 1 saturated heterocycles. The van der Waals surface area contributed by atoms with Crippen LogP contribution in [0.4, 0.5) is 0 Å². The molecule has 1 N–H and O–H groups in total. The summed E-state index contributed by atoms with van der Waals surface area (Å²) in [6.07, 6.45) is 4.53. The van der Waals surface area contributed by atoms with Crippen molar-refractivity contribution in [1.82, 2.24) is 0 Å². The predicted octanol–water partition coefficient (Wildman–Crippen LogP) is 3.74. The number of methoxy groups -OCH3 is 2. The van der Waals surface area contributed by atoms with E-state index in [2.05, 4.69) is 0 Å². The van der Waals surface area contributed by atoms with Gasteiger partial charge in [0.1, 0.15) is 16.5 Å². The lowest BCUT2D eigenvalue weighted by Crippen LogP contribution is -2.19. The highest BCUT2D eigenvalue weighted by atomic mass is 35.5. The quantitative estimate of drug-likeness (QED) is 0.869. The van der Waals surface area contributed by atoms with Gasteiger partial charge in [0.05, 0.1) is 26.4 Å². The van der Waals surface area contributed by atoms with E-state index in [0.29, 0.717) is 28.5 Å². The van der Waals surface area contributed by atoms with Gasteiger partial charge in [-0.15, -0.1) is 0 Å². The fraction of sp³-hybridized carbons (Fsp3) is 0.625. The van der Waals surface area contributed by atoms with Crippen LogP contribution < -0.4 is 9.47 Å². The number of hydrogen-bond donors (Lipinski definition) is 1. The minimum Gasteiger partial charge on any atom is -0.495 e. The van der Waals surface area contributed by atoms with Crippen molar-refractivity contribution in [3.05, 3.63) is 22.7 Å². The Labute approximate surface area is 131 Å². The number of rotatable bonds is 6. The summed E-state index contributed by atoms with van der Waals surface area (Å²) in [6, 6.07) is 3.55. The SMILES string of the molecule is COc1ccc(C(O)CCC2CCCCO2)c(OC)c1Cl. The Balaban J connectivity index is 2.04. The van der Waals surface area contributed by atoms with E-state index in [0.717, 1.165) is 25.9 Å². The van der Waals surface area contributed by atoms with Crippen LogP contribution in [0.1, 0.15) is 43.8 Å². The van der Waals surface area contributed by atoms with Gasteiger partial charge >= 0.3 is 0 Å². The fourth-order valence-corrected chi connectivity index (χ4v) is 3.04. The summed E-state index contributed by atoms with van der Waals surface area (Å²) in [5.74, 6) is 1.02. The molecule has 118 valence electrons. The Morgan fingerprint density at radius 3 is 2.76 bits per heavy atom. The van der Waals surface area contributed by atoms with E-state index < -0.39 is 6.10 Å². The Morgan fingerprint density at radius 2 is 2.14 bits per heavy atom. The van der Waals surface area contributed by atoms with Gasteiger partial charge in [-0.2, -0.15) is 0 Å². The number of halogens is 1. The average molecular weight is 315 g/mol. The molecule has 4 nitrogen and oxygen atoms in total. The van der Waals surface area contributed by atoms with Crippen molar-refractivity contribution in [3.63, 3.8) is 0 Å². The first-order chi connectivity index (χ1) is 10.2. The highest BCUT2D eigenvalue weighted by molar-refractivity contribution is 6.33. The smallest absolute Gasteiger partial charge is 0.147 e. The van der Waals surface area contributed by atoms with E-state index >= 15 is 0 Å². The summed E-state index contributed by atoms with van der Waals surface area (Å²) in [7, 11) is 3.10. The molecule has 0 aromatic heterocycles. The van der Waals surface area contributed by atoms with E-state index in [1.165, 1.54) is 6.42 Å². The summed E-state index contributed by atoms with van der Waals surface area (Å²) < 4.78 is 16.2. The maximum atomic E-state index is 10.4. The zero-order valence-corrected chi connectivity index (χ0v) is 13.4. The van der Waals surface area contributed by atoms with Crippen LogP contribution in [0.2, 0.25) is 5.02 Å². The number of aliphatic hydroxyl groups excluding tert-OH is 1. The van der Waals surface area contributed by atoms with Crippen LogP contribution in [-0.4, -0.2) is 32.0 Å². The number of ether oxygens (including phenoxy) is 3. The lowest BCUT2D eigenvalue weighted by Gasteiger charge is -2.24. The van der Waals surface area contributed by atoms with Crippen LogP contribution in [0, 0.1) is 0 Å². The van der Waals surface area contributed by atoms with Gasteiger partial charge in [-0.3, -0.25) is 0 Å². The van der Waals surface area contributed by atoms with E-state index in [1.54, 1.807) is 26.4 Å². The largest absolute Gasteiger partial charge is 0.495 e. The summed E-state index contributed by atoms with van der Waals surface area (Å²) >= 11 is 6.22. The Hall–Kier alpha value is -0.970. The topological polar surface area (TPSA) is 47.9 Å². The summed E-state index contributed by atoms with van der Waals surface area (Å²) in [5.41, 5.74) is 0.694. The molecule has 0 radical (unpaired) electrons. The van der Waals surface area contributed by atoms with Crippen molar-refractivity contribution < 1.29 is 19.3 Å². The van der Waals surface area contributed by atoms with E-state index in [1.807, 2.05) is 0 Å². The molecule has 0 saturated carbocycles. The molecular weight excluding hydrogens is 292 g/mol. The van der Waals surface area contributed by atoms with Crippen LogP contribution in [-0.2, 0) is 4.74 Å². The maximum absolute atomic E-state index is 10.4. The molecule has 0 bridgehead atoms. The Morgan fingerprint density at radius 1 is 1.33 bits per heavy atom. The van der Waals surface area contributed by atoms with Crippen LogP contribution in [0.15, 0.2) is 12.1 Å². The first kappa shape index (κ1) is 16.4. The third-order valence-electron chi connectivity index (χ3n) is 3.91. The predicted molar refractivity (Wildman–Crippen MR) is 82.3 cm³/mol. The standard InChI is InChI=1S/C16H23ClO4/c1-19-14-9-7-12(16(20-2)15(14)17)13(18)8-6-11-5-3-4-10-21-11/h7,9,11,13,18H,3-6,8,10H2,1-2H3. The molecule has 5 heteroatoms. The molecule has 1 aromatic rings. The first-order valence-electron chi connectivity index (χ1n) is 7.37. The van der Waals surface area contributed by atoms with Crippen LogP contribution >= 0.6 is 11.6 Å². The van der Waals surface area contributed by atoms with E-state index in [-0.39, 0.29) is 6.10 Å². The van der Waals surface area contributed by atoms with Crippen molar-refractivity contribution >= 4 is 11.6 Å². The van der Waals surface area contributed by atoms with Crippen LogP contribution in [0.25, 0.3) is 0 Å². The maximum Gasteiger partial charge on any atom is 0.147 e. The second-order valence-electron chi connectivity index (χ2n) is 5.29. The Bertz CT molecular complexity index is 458. The second-order valence-corrected chi connectivity index (χ2v) is 5.66. The van der Waals surface area contributed by atoms with Gasteiger partial charge in [0.2, 0.25) is 0 Å². The normalized spacial score (nSPS) is 20.1. The molecule has 1 aromatic carbocycles. The van der Waals surface area contributed by atoms with Gasteiger partial charge in [-0.05, 0) is 44.2 Å². The van der Waals surface area contributed by atoms with Gasteiger partial charge < -0.3 is 19.3 Å². The van der Waals surface area contributed by atoms with Gasteiger partial charge in [-0.1, -0.05) is 11.6 Å². The van der Waals surface area contributed by atoms with Crippen molar-refractivity contribution in [2.24, 2.45) is 0 Å². The number of benzene rings is 1. The summed E-state index contributed by atoms with van der Waals surface area (Å²) in [5, 5.41) is 10.8. The molecule has 21 heavy (non-hydrogen) atoms. The summed E-state index contributed by atoms with van der Waals surface area (Å²) in [4.78, 5) is 0. The minimum absolute atomic E-state index is 0.258. The zero-order chi connectivity index (χ0) is 15.2. The van der Waals surface area contributed by atoms with Gasteiger partial charge in [0.15, 0.2) is 0 Å². The molecule has 1 aliphatic rings. The van der Waals surface area contributed by atoms with Crippen LogP contribution in [0.5, 0.6) is 11.5 Å². The highest BCUT2D eigenvalue weighted by Gasteiger charge is 2.21. The fourth-order valence-electron chi connectivity index (χ4n) is 2.71. The van der Waals surface area contributed by atoms with Crippen molar-refractivity contribution in [2.45, 2.75) is 44.3 Å². The van der Waals surface area contributed by atoms with E-state index in [9.17, 15) is 5.11 Å². The Kier molecular flexibility index (Phi) is 6.15. The van der Waals surface area contributed by atoms with E-state index in [4.69, 9.17) is 25.8 Å². The zero-order valence-electron chi connectivity index (χ0n) is 12.6. The lowest BCUT2D eigenvalue weighted by molar-refractivity contribution is 0.00198. The molecular formula is C16H23ClO4. The number of aliphatic hydroxyl groups is 1. The average Bonchev–Trinajstić information content (AvgIpc) is 2.53. The molecule has 1 fully saturated rings. The van der Waals surface area contributed by atoms with Crippen LogP contribution in [0.3, 0.4) is 0 Å². The molecule has 2 unspecified atom stereocenters. The lowest BCUT2D eigenvalue weighted by atomic mass is 9.98. The van der Waals surface area contributed by atoms with Gasteiger partial charge in [-0.25, -0.2) is 0 Å². The van der Waals surface area contributed by atoms with Gasteiger partial charge in [0.25, 0.3) is 0 Å². The number of hydrogen-bond acceptors (Lipinski definition) is 4. The molecule has 2 atom stereocenters. The third-order valence-corrected chi connectivity index (χ3v) is 4.27. The van der Waals surface area contributed by atoms with Crippen molar-refractivity contribution in [3.8, 4) is 11.5 Å². The summed E-state index contributed by atoms with van der Waals surface area (Å²) in [6.45, 7) is 0.832. The van der Waals surface area contributed by atoms with Crippen molar-refractivity contribution in [2.75, 3.05) is 20.8 Å². The van der Waals surface area contributed by atoms with Crippen molar-refractivity contribution in [1.29, 1.82) is 0 Å². The second kappa shape index (κ2) is 7.87. The third kappa shape index (κ3) is 4.02. The molecule has 0 aliphatic carbocycles.